The first-order valence-corrected chi connectivity index (χ1v) is 5.51. The first-order valence-electron chi connectivity index (χ1n) is 5.13. The lowest BCUT2D eigenvalue weighted by molar-refractivity contribution is 1.13. The summed E-state index contributed by atoms with van der Waals surface area (Å²) >= 11 is 5.99. The first-order chi connectivity index (χ1) is 7.58. The molecule has 0 saturated heterocycles. The molecule has 0 aliphatic carbocycles. The van der Waals surface area contributed by atoms with Gasteiger partial charge in [-0.3, -0.25) is 0 Å². The molecular weight excluding hydrogens is 220 g/mol. The zero-order valence-corrected chi connectivity index (χ0v) is 10.3. The van der Waals surface area contributed by atoms with Crippen LogP contribution in [0.25, 0.3) is 11.3 Å². The van der Waals surface area contributed by atoms with Gasteiger partial charge in [0.25, 0.3) is 0 Å². The topological polar surface area (TPSA) is 25.8 Å². The highest BCUT2D eigenvalue weighted by atomic mass is 35.5. The first kappa shape index (κ1) is 11.1. The van der Waals surface area contributed by atoms with Gasteiger partial charge >= 0.3 is 0 Å². The Morgan fingerprint density at radius 3 is 2.19 bits per heavy atom. The number of hydrogen-bond donors (Lipinski definition) is 0. The van der Waals surface area contributed by atoms with Crippen LogP contribution in [0.4, 0.5) is 0 Å². The monoisotopic (exact) mass is 232 g/mol. The fourth-order valence-corrected chi connectivity index (χ4v) is 1.96. The molecule has 0 aliphatic rings. The van der Waals surface area contributed by atoms with E-state index in [1.807, 2.05) is 6.92 Å². The summed E-state index contributed by atoms with van der Waals surface area (Å²) in [6.45, 7) is 6.10. The normalized spacial score (nSPS) is 10.5. The van der Waals surface area contributed by atoms with Crippen molar-refractivity contribution in [3.05, 3.63) is 46.4 Å². The van der Waals surface area contributed by atoms with Crippen molar-refractivity contribution in [3.63, 3.8) is 0 Å². The molecule has 3 heteroatoms. The van der Waals surface area contributed by atoms with Gasteiger partial charge in [0.2, 0.25) is 0 Å². The standard InChI is InChI=1S/C13H13ClN2/c1-8-4-9(2)6-11(5-8)12-10(3)13(14)16-7-15-12/h4-7H,1-3H3. The van der Waals surface area contributed by atoms with E-state index in [-0.39, 0.29) is 0 Å². The van der Waals surface area contributed by atoms with E-state index in [1.54, 1.807) is 0 Å². The number of hydrogen-bond acceptors (Lipinski definition) is 2. The summed E-state index contributed by atoms with van der Waals surface area (Å²) in [5.74, 6) is 0. The Bertz CT molecular complexity index is 515. The van der Waals surface area contributed by atoms with Crippen molar-refractivity contribution < 1.29 is 0 Å². The van der Waals surface area contributed by atoms with Crippen LogP contribution in [0, 0.1) is 20.8 Å². The Morgan fingerprint density at radius 2 is 1.56 bits per heavy atom. The van der Waals surface area contributed by atoms with Gasteiger partial charge in [0.05, 0.1) is 5.69 Å². The van der Waals surface area contributed by atoms with Gasteiger partial charge in [-0.05, 0) is 32.9 Å². The largest absolute Gasteiger partial charge is 0.236 e. The molecule has 0 bridgehead atoms. The Labute approximate surface area is 100 Å². The zero-order valence-electron chi connectivity index (χ0n) is 9.58. The molecule has 0 aliphatic heterocycles. The summed E-state index contributed by atoms with van der Waals surface area (Å²) in [5, 5.41) is 0.518. The second kappa shape index (κ2) is 4.22. The smallest absolute Gasteiger partial charge is 0.135 e. The second-order valence-corrected chi connectivity index (χ2v) is 4.37. The van der Waals surface area contributed by atoms with Crippen LogP contribution in [-0.4, -0.2) is 9.97 Å². The van der Waals surface area contributed by atoms with Gasteiger partial charge in [-0.15, -0.1) is 0 Å². The minimum Gasteiger partial charge on any atom is -0.236 e. The quantitative estimate of drug-likeness (QED) is 0.701. The van der Waals surface area contributed by atoms with Crippen LogP contribution in [0.1, 0.15) is 16.7 Å². The van der Waals surface area contributed by atoms with Crippen molar-refractivity contribution in [2.75, 3.05) is 0 Å². The molecule has 0 unspecified atom stereocenters. The number of aromatic nitrogens is 2. The molecule has 0 amide bonds. The SMILES string of the molecule is Cc1cc(C)cc(-c2ncnc(Cl)c2C)c1. The fourth-order valence-electron chi connectivity index (χ4n) is 1.83. The highest BCUT2D eigenvalue weighted by molar-refractivity contribution is 6.30. The summed E-state index contributed by atoms with van der Waals surface area (Å²) in [7, 11) is 0. The highest BCUT2D eigenvalue weighted by Crippen LogP contribution is 2.26. The molecule has 2 rings (SSSR count). The number of halogens is 1. The zero-order chi connectivity index (χ0) is 11.7. The molecule has 1 aromatic heterocycles. The number of benzene rings is 1. The average molecular weight is 233 g/mol. The lowest BCUT2D eigenvalue weighted by Gasteiger charge is -2.07. The Balaban J connectivity index is 2.63. The summed E-state index contributed by atoms with van der Waals surface area (Å²) in [6.07, 6.45) is 1.50. The lowest BCUT2D eigenvalue weighted by Crippen LogP contribution is -1.92. The van der Waals surface area contributed by atoms with E-state index in [0.29, 0.717) is 5.15 Å². The van der Waals surface area contributed by atoms with Gasteiger partial charge in [0.15, 0.2) is 0 Å². The second-order valence-electron chi connectivity index (χ2n) is 4.01. The van der Waals surface area contributed by atoms with E-state index >= 15 is 0 Å². The van der Waals surface area contributed by atoms with Gasteiger partial charge < -0.3 is 0 Å². The third-order valence-electron chi connectivity index (χ3n) is 2.52. The van der Waals surface area contributed by atoms with E-state index in [1.165, 1.54) is 17.5 Å². The molecular formula is C13H13ClN2. The number of nitrogens with zero attached hydrogens (tertiary/aromatic N) is 2. The fraction of sp³-hybridized carbons (Fsp3) is 0.231. The molecule has 0 N–H and O–H groups in total. The summed E-state index contributed by atoms with van der Waals surface area (Å²) < 4.78 is 0. The van der Waals surface area contributed by atoms with E-state index in [9.17, 15) is 0 Å². The summed E-state index contributed by atoms with van der Waals surface area (Å²) in [5.41, 5.74) is 5.38. The Morgan fingerprint density at radius 1 is 0.938 bits per heavy atom. The van der Waals surface area contributed by atoms with Crippen molar-refractivity contribution >= 4 is 11.6 Å². The molecule has 1 aromatic carbocycles. The maximum absolute atomic E-state index is 5.99. The van der Waals surface area contributed by atoms with E-state index < -0.39 is 0 Å². The third-order valence-corrected chi connectivity index (χ3v) is 2.90. The van der Waals surface area contributed by atoms with E-state index in [4.69, 9.17) is 11.6 Å². The maximum Gasteiger partial charge on any atom is 0.135 e. The maximum atomic E-state index is 5.99. The van der Waals surface area contributed by atoms with E-state index in [0.717, 1.165) is 16.8 Å². The molecule has 0 atom stereocenters. The van der Waals surface area contributed by atoms with Crippen LogP contribution in [0.15, 0.2) is 24.5 Å². The van der Waals surface area contributed by atoms with Crippen LogP contribution in [0.5, 0.6) is 0 Å². The minimum atomic E-state index is 0.518. The predicted octanol–water partition coefficient (Wildman–Crippen LogP) is 3.72. The lowest BCUT2D eigenvalue weighted by atomic mass is 10.0. The molecule has 1 heterocycles. The average Bonchev–Trinajstić information content (AvgIpc) is 2.20. The predicted molar refractivity (Wildman–Crippen MR) is 66.7 cm³/mol. The molecule has 2 aromatic rings. The van der Waals surface area contributed by atoms with Crippen molar-refractivity contribution in [1.29, 1.82) is 0 Å². The van der Waals surface area contributed by atoms with Crippen LogP contribution >= 0.6 is 11.6 Å². The molecule has 2 nitrogen and oxygen atoms in total. The van der Waals surface area contributed by atoms with Gasteiger partial charge in [-0.2, -0.15) is 0 Å². The van der Waals surface area contributed by atoms with Crippen molar-refractivity contribution in [2.24, 2.45) is 0 Å². The van der Waals surface area contributed by atoms with Crippen LogP contribution in [-0.2, 0) is 0 Å². The number of aryl methyl sites for hydroxylation is 2. The molecule has 0 saturated carbocycles. The molecule has 82 valence electrons. The van der Waals surface area contributed by atoms with Crippen LogP contribution in [0.2, 0.25) is 5.15 Å². The summed E-state index contributed by atoms with van der Waals surface area (Å²) in [6, 6.07) is 6.36. The molecule has 16 heavy (non-hydrogen) atoms. The Hall–Kier alpha value is -1.41. The summed E-state index contributed by atoms with van der Waals surface area (Å²) in [4.78, 5) is 8.26. The van der Waals surface area contributed by atoms with Gasteiger partial charge in [-0.25, -0.2) is 9.97 Å². The van der Waals surface area contributed by atoms with Crippen LogP contribution < -0.4 is 0 Å². The minimum absolute atomic E-state index is 0.518. The van der Waals surface area contributed by atoms with Crippen molar-refractivity contribution in [3.8, 4) is 11.3 Å². The highest BCUT2D eigenvalue weighted by Gasteiger charge is 2.08. The van der Waals surface area contributed by atoms with Gasteiger partial charge in [0.1, 0.15) is 11.5 Å². The Kier molecular flexibility index (Phi) is 2.92. The van der Waals surface area contributed by atoms with Crippen molar-refractivity contribution in [1.82, 2.24) is 9.97 Å². The number of rotatable bonds is 1. The van der Waals surface area contributed by atoms with Gasteiger partial charge in [-0.1, -0.05) is 28.8 Å². The third kappa shape index (κ3) is 2.07. The molecule has 0 radical (unpaired) electrons. The van der Waals surface area contributed by atoms with Crippen molar-refractivity contribution in [2.45, 2.75) is 20.8 Å². The molecule has 0 fully saturated rings. The molecule has 0 spiro atoms. The van der Waals surface area contributed by atoms with Gasteiger partial charge in [0, 0.05) is 11.1 Å². The van der Waals surface area contributed by atoms with Crippen LogP contribution in [0.3, 0.4) is 0 Å². The van der Waals surface area contributed by atoms with E-state index in [2.05, 4.69) is 42.0 Å².